The lowest BCUT2D eigenvalue weighted by molar-refractivity contribution is 0.0936. The Balaban J connectivity index is 1.45. The van der Waals surface area contributed by atoms with Gasteiger partial charge in [-0.2, -0.15) is 5.10 Å². The minimum absolute atomic E-state index is 0.100. The first-order chi connectivity index (χ1) is 12.7. The number of carbonyl (C=O) groups excluding carboxylic acids is 1. The summed E-state index contributed by atoms with van der Waals surface area (Å²) in [6, 6.07) is 15.9. The predicted molar refractivity (Wildman–Crippen MR) is 101 cm³/mol. The molecular formula is C20H22N4O2. The van der Waals surface area contributed by atoms with Crippen LogP contribution in [-0.4, -0.2) is 42.4 Å². The fourth-order valence-corrected chi connectivity index (χ4v) is 3.28. The molecule has 6 heteroatoms. The number of amides is 1. The normalized spacial score (nSPS) is 15.8. The van der Waals surface area contributed by atoms with Gasteiger partial charge in [0.1, 0.15) is 0 Å². The van der Waals surface area contributed by atoms with Crippen LogP contribution in [0.2, 0.25) is 0 Å². The molecule has 1 fully saturated rings. The third-order valence-corrected chi connectivity index (χ3v) is 4.80. The number of morpholine rings is 1. The zero-order chi connectivity index (χ0) is 17.9. The number of H-pyrrole nitrogens is 1. The van der Waals surface area contributed by atoms with Gasteiger partial charge in [0.15, 0.2) is 5.69 Å². The molecule has 6 nitrogen and oxygen atoms in total. The Hall–Kier alpha value is -2.86. The van der Waals surface area contributed by atoms with E-state index in [0.29, 0.717) is 5.69 Å². The van der Waals surface area contributed by atoms with Gasteiger partial charge in [0.05, 0.1) is 24.8 Å². The largest absolute Gasteiger partial charge is 0.378 e. The number of nitrogens with zero attached hydrogens (tertiary/aromatic N) is 2. The van der Waals surface area contributed by atoms with Crippen molar-refractivity contribution in [1.82, 2.24) is 15.5 Å². The highest BCUT2D eigenvalue weighted by atomic mass is 16.5. The molecule has 1 unspecified atom stereocenters. The minimum Gasteiger partial charge on any atom is -0.378 e. The summed E-state index contributed by atoms with van der Waals surface area (Å²) in [6.07, 6.45) is 0. The van der Waals surface area contributed by atoms with E-state index in [2.05, 4.69) is 44.7 Å². The lowest BCUT2D eigenvalue weighted by Gasteiger charge is -2.29. The van der Waals surface area contributed by atoms with Crippen LogP contribution in [0.1, 0.15) is 29.0 Å². The van der Waals surface area contributed by atoms with Gasteiger partial charge in [-0.15, -0.1) is 0 Å². The number of carbonyl (C=O) groups is 1. The van der Waals surface area contributed by atoms with E-state index in [-0.39, 0.29) is 11.9 Å². The summed E-state index contributed by atoms with van der Waals surface area (Å²) in [7, 11) is 0. The van der Waals surface area contributed by atoms with Crippen LogP contribution in [-0.2, 0) is 4.74 Å². The van der Waals surface area contributed by atoms with Gasteiger partial charge in [0.25, 0.3) is 5.91 Å². The third-order valence-electron chi connectivity index (χ3n) is 4.80. The summed E-state index contributed by atoms with van der Waals surface area (Å²) >= 11 is 0. The Morgan fingerprint density at radius 2 is 1.88 bits per heavy atom. The average Bonchev–Trinajstić information content (AvgIpc) is 3.13. The van der Waals surface area contributed by atoms with Crippen molar-refractivity contribution in [3.63, 3.8) is 0 Å². The Bertz CT molecular complexity index is 898. The van der Waals surface area contributed by atoms with Crippen molar-refractivity contribution in [2.45, 2.75) is 13.0 Å². The van der Waals surface area contributed by atoms with Crippen molar-refractivity contribution in [2.75, 3.05) is 31.2 Å². The van der Waals surface area contributed by atoms with Gasteiger partial charge in [0, 0.05) is 24.2 Å². The summed E-state index contributed by atoms with van der Waals surface area (Å²) in [5, 5.41) is 10.9. The minimum atomic E-state index is -0.174. The molecule has 0 saturated carbocycles. The molecule has 1 aliphatic heterocycles. The van der Waals surface area contributed by atoms with Crippen molar-refractivity contribution < 1.29 is 9.53 Å². The molecule has 0 spiro atoms. The molecule has 1 aromatic heterocycles. The van der Waals surface area contributed by atoms with Gasteiger partial charge in [-0.25, -0.2) is 0 Å². The smallest absolute Gasteiger partial charge is 0.272 e. The maximum atomic E-state index is 12.6. The van der Waals surface area contributed by atoms with E-state index in [9.17, 15) is 4.79 Å². The lowest BCUT2D eigenvalue weighted by atomic mass is 10.1. The highest BCUT2D eigenvalue weighted by Crippen LogP contribution is 2.21. The number of hydrogen-bond acceptors (Lipinski definition) is 4. The topological polar surface area (TPSA) is 70.2 Å². The lowest BCUT2D eigenvalue weighted by Crippen LogP contribution is -2.36. The second kappa shape index (κ2) is 7.17. The second-order valence-electron chi connectivity index (χ2n) is 6.50. The van der Waals surface area contributed by atoms with Crippen LogP contribution in [0.15, 0.2) is 48.5 Å². The number of rotatable bonds is 4. The molecule has 3 aromatic rings. The van der Waals surface area contributed by atoms with Gasteiger partial charge < -0.3 is 15.0 Å². The van der Waals surface area contributed by atoms with Gasteiger partial charge in [-0.1, -0.05) is 30.3 Å². The van der Waals surface area contributed by atoms with Gasteiger partial charge in [-0.05, 0) is 30.7 Å². The zero-order valence-electron chi connectivity index (χ0n) is 14.7. The molecule has 1 amide bonds. The first-order valence-electron chi connectivity index (χ1n) is 8.89. The fourth-order valence-electron chi connectivity index (χ4n) is 3.28. The second-order valence-corrected chi connectivity index (χ2v) is 6.50. The Labute approximate surface area is 152 Å². The number of nitrogens with one attached hydrogen (secondary N) is 2. The summed E-state index contributed by atoms with van der Waals surface area (Å²) in [4.78, 5) is 14.9. The van der Waals surface area contributed by atoms with E-state index in [1.165, 1.54) is 5.69 Å². The molecule has 0 radical (unpaired) electrons. The van der Waals surface area contributed by atoms with Gasteiger partial charge in [0.2, 0.25) is 0 Å². The van der Waals surface area contributed by atoms with Crippen LogP contribution in [0.5, 0.6) is 0 Å². The number of fused-ring (bicyclic) bond motifs is 1. The van der Waals surface area contributed by atoms with Crippen molar-refractivity contribution in [3.05, 3.63) is 59.8 Å². The molecule has 1 aliphatic rings. The van der Waals surface area contributed by atoms with E-state index in [1.807, 2.05) is 31.2 Å². The maximum absolute atomic E-state index is 12.6. The van der Waals surface area contributed by atoms with E-state index >= 15 is 0 Å². The van der Waals surface area contributed by atoms with E-state index in [1.54, 1.807) is 0 Å². The monoisotopic (exact) mass is 350 g/mol. The standard InChI is InChI=1S/C20H22N4O2/c1-14(15-6-8-16(9-7-15)24-10-12-26-13-11-24)21-20(25)19-17-4-2-3-5-18(17)22-23-19/h2-9,14H,10-13H2,1H3,(H,21,25)(H,22,23). The summed E-state index contributed by atoms with van der Waals surface area (Å²) in [5.41, 5.74) is 3.54. The van der Waals surface area contributed by atoms with Crippen LogP contribution >= 0.6 is 0 Å². The molecular weight excluding hydrogens is 328 g/mol. The Morgan fingerprint density at radius 3 is 2.65 bits per heavy atom. The quantitative estimate of drug-likeness (QED) is 0.759. The SMILES string of the molecule is CC(NC(=O)c1n[nH]c2ccccc12)c1ccc(N2CCOCC2)cc1. The van der Waals surface area contributed by atoms with E-state index < -0.39 is 0 Å². The molecule has 0 aliphatic carbocycles. The summed E-state index contributed by atoms with van der Waals surface area (Å²) in [6.45, 7) is 5.35. The van der Waals surface area contributed by atoms with Crippen molar-refractivity contribution in [1.29, 1.82) is 0 Å². The van der Waals surface area contributed by atoms with Crippen molar-refractivity contribution >= 4 is 22.5 Å². The molecule has 1 saturated heterocycles. The summed E-state index contributed by atoms with van der Waals surface area (Å²) in [5.74, 6) is -0.174. The molecule has 2 N–H and O–H groups in total. The van der Waals surface area contributed by atoms with E-state index in [0.717, 1.165) is 42.8 Å². The van der Waals surface area contributed by atoms with Crippen LogP contribution in [0.4, 0.5) is 5.69 Å². The predicted octanol–water partition coefficient (Wildman–Crippen LogP) is 2.89. The van der Waals surface area contributed by atoms with Crippen LogP contribution in [0.25, 0.3) is 10.9 Å². The van der Waals surface area contributed by atoms with Gasteiger partial charge >= 0.3 is 0 Å². The number of para-hydroxylation sites is 1. The molecule has 4 rings (SSSR count). The van der Waals surface area contributed by atoms with E-state index in [4.69, 9.17) is 4.74 Å². The maximum Gasteiger partial charge on any atom is 0.272 e. The van der Waals surface area contributed by atoms with Gasteiger partial charge in [-0.3, -0.25) is 9.89 Å². The molecule has 2 aromatic carbocycles. The van der Waals surface area contributed by atoms with Crippen LogP contribution < -0.4 is 10.2 Å². The number of anilines is 1. The number of benzene rings is 2. The molecule has 1 atom stereocenters. The molecule has 134 valence electrons. The van der Waals surface area contributed by atoms with Crippen molar-refractivity contribution in [2.24, 2.45) is 0 Å². The highest BCUT2D eigenvalue weighted by molar-refractivity contribution is 6.04. The van der Waals surface area contributed by atoms with Crippen LogP contribution in [0.3, 0.4) is 0 Å². The number of aromatic amines is 1. The molecule has 0 bridgehead atoms. The highest BCUT2D eigenvalue weighted by Gasteiger charge is 2.17. The zero-order valence-corrected chi connectivity index (χ0v) is 14.7. The fraction of sp³-hybridized carbons (Fsp3) is 0.300. The number of hydrogen-bond donors (Lipinski definition) is 2. The first-order valence-corrected chi connectivity index (χ1v) is 8.89. The average molecular weight is 350 g/mol. The number of ether oxygens (including phenoxy) is 1. The summed E-state index contributed by atoms with van der Waals surface area (Å²) < 4.78 is 5.40. The third kappa shape index (κ3) is 3.28. The van der Waals surface area contributed by atoms with Crippen molar-refractivity contribution in [3.8, 4) is 0 Å². The Kier molecular flexibility index (Phi) is 4.58. The Morgan fingerprint density at radius 1 is 1.15 bits per heavy atom. The van der Waals surface area contributed by atoms with Crippen LogP contribution in [0, 0.1) is 0 Å². The molecule has 26 heavy (non-hydrogen) atoms. The number of aromatic nitrogens is 2. The first kappa shape index (κ1) is 16.6. The molecule has 2 heterocycles.